The van der Waals surface area contributed by atoms with Gasteiger partial charge in [-0.2, -0.15) is 0 Å². The number of esters is 1. The second-order valence-corrected chi connectivity index (χ2v) is 6.08. The van der Waals surface area contributed by atoms with E-state index in [9.17, 15) is 9.59 Å². The molecule has 1 aliphatic rings. The Morgan fingerprint density at radius 2 is 1.96 bits per heavy atom. The van der Waals surface area contributed by atoms with Gasteiger partial charge < -0.3 is 24.3 Å². The quantitative estimate of drug-likeness (QED) is 0.585. The van der Waals surface area contributed by atoms with Crippen LogP contribution in [0.1, 0.15) is 24.1 Å². The van der Waals surface area contributed by atoms with Crippen molar-refractivity contribution in [3.63, 3.8) is 0 Å². The summed E-state index contributed by atoms with van der Waals surface area (Å²) in [4.78, 5) is 23.9. The van der Waals surface area contributed by atoms with Crippen molar-refractivity contribution in [2.75, 3.05) is 20.5 Å². The smallest absolute Gasteiger partial charge is 0.331 e. The van der Waals surface area contributed by atoms with Crippen LogP contribution in [0.5, 0.6) is 17.2 Å². The Bertz CT molecular complexity index is 892. The fourth-order valence-corrected chi connectivity index (χ4v) is 2.70. The summed E-state index contributed by atoms with van der Waals surface area (Å²) in [5, 5.41) is 2.78. The summed E-state index contributed by atoms with van der Waals surface area (Å²) in [7, 11) is 1.55. The van der Waals surface area contributed by atoms with Crippen LogP contribution in [-0.4, -0.2) is 32.4 Å². The molecule has 0 fully saturated rings. The van der Waals surface area contributed by atoms with E-state index in [1.165, 1.54) is 6.08 Å². The zero-order valence-corrected chi connectivity index (χ0v) is 15.6. The summed E-state index contributed by atoms with van der Waals surface area (Å²) in [6.07, 6.45) is 2.83. The Morgan fingerprint density at radius 1 is 1.18 bits per heavy atom. The number of rotatable bonds is 7. The first-order valence-electron chi connectivity index (χ1n) is 8.73. The summed E-state index contributed by atoms with van der Waals surface area (Å²) < 4.78 is 20.8. The lowest BCUT2D eigenvalue weighted by molar-refractivity contribution is -0.144. The van der Waals surface area contributed by atoms with Gasteiger partial charge in [-0.3, -0.25) is 4.79 Å². The van der Waals surface area contributed by atoms with Gasteiger partial charge in [0.1, 0.15) is 5.75 Å². The summed E-state index contributed by atoms with van der Waals surface area (Å²) >= 11 is 0. The average molecular weight is 383 g/mol. The Labute approximate surface area is 162 Å². The minimum atomic E-state index is -0.614. The third kappa shape index (κ3) is 4.82. The topological polar surface area (TPSA) is 83.1 Å². The number of nitrogens with one attached hydrogen (secondary N) is 1. The molecule has 3 rings (SSSR count). The predicted molar refractivity (Wildman–Crippen MR) is 102 cm³/mol. The number of methoxy groups -OCH3 is 1. The monoisotopic (exact) mass is 383 g/mol. The maximum Gasteiger partial charge on any atom is 0.331 e. The normalized spacial score (nSPS) is 13.2. The SMILES string of the molecule is COc1ccccc1/C=C/C(=O)OCC(=O)N[C@H](C)c1ccc2c(c1)OCO2. The standard InChI is InChI=1S/C21H21NO6/c1-14(16-7-9-18-19(11-16)28-13-27-18)22-20(23)12-26-21(24)10-8-15-5-3-4-6-17(15)25-2/h3-11,14H,12-13H2,1-2H3,(H,22,23)/b10-8+/t14-/m1/s1. The van der Waals surface area contributed by atoms with Crippen molar-refractivity contribution >= 4 is 18.0 Å². The van der Waals surface area contributed by atoms with E-state index in [0.717, 1.165) is 11.1 Å². The number of benzene rings is 2. The molecule has 0 spiro atoms. The van der Waals surface area contributed by atoms with Crippen LogP contribution < -0.4 is 19.5 Å². The predicted octanol–water partition coefficient (Wildman–Crippen LogP) is 2.86. The van der Waals surface area contributed by atoms with Crippen LogP contribution in [-0.2, 0) is 14.3 Å². The van der Waals surface area contributed by atoms with E-state index in [-0.39, 0.29) is 19.4 Å². The van der Waals surface area contributed by atoms with Crippen molar-refractivity contribution in [1.29, 1.82) is 0 Å². The molecule has 0 bridgehead atoms. The highest BCUT2D eigenvalue weighted by molar-refractivity contribution is 5.89. The lowest BCUT2D eigenvalue weighted by atomic mass is 10.1. The van der Waals surface area contributed by atoms with Gasteiger partial charge >= 0.3 is 5.97 Å². The maximum absolute atomic E-state index is 12.1. The van der Waals surface area contributed by atoms with Gasteiger partial charge in [0.2, 0.25) is 6.79 Å². The molecule has 1 atom stereocenters. The fourth-order valence-electron chi connectivity index (χ4n) is 2.70. The van der Waals surface area contributed by atoms with Crippen LogP contribution in [0.3, 0.4) is 0 Å². The van der Waals surface area contributed by atoms with Crippen LogP contribution in [0.4, 0.5) is 0 Å². The van der Waals surface area contributed by atoms with Crippen molar-refractivity contribution in [2.24, 2.45) is 0 Å². The minimum absolute atomic E-state index is 0.192. The van der Waals surface area contributed by atoms with Crippen molar-refractivity contribution in [2.45, 2.75) is 13.0 Å². The van der Waals surface area contributed by atoms with Gasteiger partial charge in [0.05, 0.1) is 13.2 Å². The molecule has 1 aliphatic heterocycles. The zero-order chi connectivity index (χ0) is 19.9. The van der Waals surface area contributed by atoms with Crippen LogP contribution >= 0.6 is 0 Å². The molecule has 28 heavy (non-hydrogen) atoms. The number of fused-ring (bicyclic) bond motifs is 1. The molecule has 1 N–H and O–H groups in total. The molecular weight excluding hydrogens is 362 g/mol. The van der Waals surface area contributed by atoms with E-state index in [1.807, 2.05) is 37.3 Å². The first-order valence-corrected chi connectivity index (χ1v) is 8.73. The van der Waals surface area contributed by atoms with Crippen molar-refractivity contribution in [3.05, 3.63) is 59.7 Å². The van der Waals surface area contributed by atoms with Gasteiger partial charge in [-0.25, -0.2) is 4.79 Å². The molecule has 1 heterocycles. The molecule has 0 aromatic heterocycles. The molecule has 2 aromatic carbocycles. The Kier molecular flexibility index (Phi) is 6.16. The molecule has 0 radical (unpaired) electrons. The summed E-state index contributed by atoms with van der Waals surface area (Å²) in [6.45, 7) is 1.65. The minimum Gasteiger partial charge on any atom is -0.496 e. The highest BCUT2D eigenvalue weighted by Gasteiger charge is 2.17. The number of amides is 1. The molecule has 146 valence electrons. The van der Waals surface area contributed by atoms with Gasteiger partial charge in [-0.15, -0.1) is 0 Å². The molecule has 7 nitrogen and oxygen atoms in total. The number of para-hydroxylation sites is 1. The lowest BCUT2D eigenvalue weighted by Crippen LogP contribution is -2.30. The van der Waals surface area contributed by atoms with Crippen molar-refractivity contribution in [1.82, 2.24) is 5.32 Å². The van der Waals surface area contributed by atoms with Gasteiger partial charge in [0.25, 0.3) is 5.91 Å². The first kappa shape index (κ1) is 19.3. The largest absolute Gasteiger partial charge is 0.496 e. The van der Waals surface area contributed by atoms with E-state index in [2.05, 4.69) is 5.32 Å². The molecule has 0 saturated heterocycles. The van der Waals surface area contributed by atoms with Crippen LogP contribution in [0, 0.1) is 0 Å². The van der Waals surface area contributed by atoms with Crippen LogP contribution in [0.25, 0.3) is 6.08 Å². The number of ether oxygens (including phenoxy) is 4. The highest BCUT2D eigenvalue weighted by atomic mass is 16.7. The number of hydrogen-bond donors (Lipinski definition) is 1. The van der Waals surface area contributed by atoms with Crippen LogP contribution in [0.15, 0.2) is 48.5 Å². The van der Waals surface area contributed by atoms with Crippen LogP contribution in [0.2, 0.25) is 0 Å². The summed E-state index contributed by atoms with van der Waals surface area (Å²) in [6, 6.07) is 12.4. The number of hydrogen-bond acceptors (Lipinski definition) is 6. The molecule has 1 amide bonds. The molecule has 2 aromatic rings. The Hall–Kier alpha value is -3.48. The molecule has 7 heteroatoms. The number of carbonyl (C=O) groups excluding carboxylic acids is 2. The van der Waals surface area contributed by atoms with Gasteiger partial charge in [-0.05, 0) is 36.8 Å². The average Bonchev–Trinajstić information content (AvgIpc) is 3.18. The van der Waals surface area contributed by atoms with E-state index >= 15 is 0 Å². The van der Waals surface area contributed by atoms with Crippen molar-refractivity contribution < 1.29 is 28.5 Å². The highest BCUT2D eigenvalue weighted by Crippen LogP contribution is 2.34. The molecule has 0 saturated carbocycles. The molecular formula is C21H21NO6. The van der Waals surface area contributed by atoms with E-state index in [0.29, 0.717) is 17.2 Å². The fraction of sp³-hybridized carbons (Fsp3) is 0.238. The van der Waals surface area contributed by atoms with Crippen molar-refractivity contribution in [3.8, 4) is 17.2 Å². The lowest BCUT2D eigenvalue weighted by Gasteiger charge is -2.14. The third-order valence-corrected chi connectivity index (χ3v) is 4.16. The second kappa shape index (κ2) is 8.94. The first-order chi connectivity index (χ1) is 13.6. The number of carbonyl (C=O) groups is 2. The Balaban J connectivity index is 1.48. The van der Waals surface area contributed by atoms with Gasteiger partial charge in [0, 0.05) is 11.6 Å². The molecule has 0 aliphatic carbocycles. The summed E-state index contributed by atoms with van der Waals surface area (Å²) in [5.74, 6) is 0.951. The van der Waals surface area contributed by atoms with E-state index in [1.54, 1.807) is 25.3 Å². The Morgan fingerprint density at radius 3 is 2.79 bits per heavy atom. The van der Waals surface area contributed by atoms with E-state index < -0.39 is 11.9 Å². The maximum atomic E-state index is 12.1. The van der Waals surface area contributed by atoms with E-state index in [4.69, 9.17) is 18.9 Å². The molecule has 0 unspecified atom stereocenters. The second-order valence-electron chi connectivity index (χ2n) is 6.08. The summed E-state index contributed by atoms with van der Waals surface area (Å²) in [5.41, 5.74) is 1.60. The van der Waals surface area contributed by atoms with Gasteiger partial charge in [0.15, 0.2) is 18.1 Å². The zero-order valence-electron chi connectivity index (χ0n) is 15.6. The van der Waals surface area contributed by atoms with Gasteiger partial charge in [-0.1, -0.05) is 24.3 Å². The third-order valence-electron chi connectivity index (χ3n) is 4.16.